The molecule has 0 atom stereocenters. The summed E-state index contributed by atoms with van der Waals surface area (Å²) < 4.78 is 15.3. The Kier molecular flexibility index (Phi) is 3.49. The van der Waals surface area contributed by atoms with Crippen molar-refractivity contribution >= 4 is 11.6 Å². The van der Waals surface area contributed by atoms with Gasteiger partial charge in [-0.25, -0.2) is 0 Å². The number of rotatable bonds is 4. The van der Waals surface area contributed by atoms with E-state index in [1.54, 1.807) is 32.4 Å². The molecule has 5 nitrogen and oxygen atoms in total. The third-order valence-electron chi connectivity index (χ3n) is 2.23. The normalized spacial score (nSPS) is 10.3. The summed E-state index contributed by atoms with van der Waals surface area (Å²) in [5, 5.41) is 3.84. The number of hydrogen-bond donors (Lipinski definition) is 0. The zero-order valence-corrected chi connectivity index (χ0v) is 10.2. The van der Waals surface area contributed by atoms with Crippen LogP contribution in [-0.2, 0) is 5.88 Å². The van der Waals surface area contributed by atoms with E-state index >= 15 is 0 Å². The molecule has 0 aliphatic rings. The Hall–Kier alpha value is -1.75. The molecule has 0 saturated heterocycles. The monoisotopic (exact) mass is 254 g/mol. The fraction of sp³-hybridized carbons (Fsp3) is 0.273. The van der Waals surface area contributed by atoms with Crippen LogP contribution in [0.25, 0.3) is 11.4 Å². The van der Waals surface area contributed by atoms with Crippen molar-refractivity contribution in [2.45, 2.75) is 5.88 Å². The maximum Gasteiger partial charge on any atom is 0.241 e. The Bertz CT molecular complexity index is 513. The molecule has 0 aliphatic carbocycles. The van der Waals surface area contributed by atoms with Gasteiger partial charge < -0.3 is 14.0 Å². The van der Waals surface area contributed by atoms with Crippen LogP contribution >= 0.6 is 11.6 Å². The average molecular weight is 255 g/mol. The molecule has 1 aromatic carbocycles. The number of hydrogen-bond acceptors (Lipinski definition) is 5. The number of ether oxygens (including phenoxy) is 2. The summed E-state index contributed by atoms with van der Waals surface area (Å²) in [7, 11) is 3.17. The molecule has 90 valence electrons. The molecule has 17 heavy (non-hydrogen) atoms. The second-order valence-electron chi connectivity index (χ2n) is 3.21. The predicted molar refractivity (Wildman–Crippen MR) is 62.4 cm³/mol. The van der Waals surface area contributed by atoms with Gasteiger partial charge >= 0.3 is 0 Å². The molecule has 1 aromatic heterocycles. The highest BCUT2D eigenvalue weighted by Gasteiger charge is 2.13. The van der Waals surface area contributed by atoms with Gasteiger partial charge in [-0.3, -0.25) is 0 Å². The summed E-state index contributed by atoms with van der Waals surface area (Å²) in [6, 6.07) is 5.36. The topological polar surface area (TPSA) is 57.4 Å². The van der Waals surface area contributed by atoms with Crippen LogP contribution in [0, 0.1) is 0 Å². The van der Waals surface area contributed by atoms with E-state index in [2.05, 4.69) is 10.1 Å². The lowest BCUT2D eigenvalue weighted by Gasteiger charge is -2.06. The summed E-state index contributed by atoms with van der Waals surface area (Å²) in [6.07, 6.45) is 0. The van der Waals surface area contributed by atoms with Crippen LogP contribution in [0.3, 0.4) is 0 Å². The van der Waals surface area contributed by atoms with Gasteiger partial charge in [0.1, 0.15) is 17.4 Å². The molecule has 0 spiro atoms. The molecular formula is C11H11ClN2O3. The largest absolute Gasteiger partial charge is 0.497 e. The minimum absolute atomic E-state index is 0.180. The summed E-state index contributed by atoms with van der Waals surface area (Å²) in [5.41, 5.74) is 0.701. The summed E-state index contributed by atoms with van der Waals surface area (Å²) in [6.45, 7) is 0. The lowest BCUT2D eigenvalue weighted by Crippen LogP contribution is -1.91. The van der Waals surface area contributed by atoms with Crippen LogP contribution in [-0.4, -0.2) is 24.4 Å². The molecule has 0 saturated carbocycles. The molecular weight excluding hydrogens is 244 g/mol. The van der Waals surface area contributed by atoms with Crippen LogP contribution in [0.4, 0.5) is 0 Å². The Morgan fingerprint density at radius 3 is 2.71 bits per heavy atom. The Morgan fingerprint density at radius 2 is 2.12 bits per heavy atom. The van der Waals surface area contributed by atoms with Gasteiger partial charge in [0.2, 0.25) is 11.7 Å². The summed E-state index contributed by atoms with van der Waals surface area (Å²) in [5.74, 6) is 2.31. The van der Waals surface area contributed by atoms with E-state index in [-0.39, 0.29) is 5.88 Å². The average Bonchev–Trinajstić information content (AvgIpc) is 2.86. The molecule has 0 aliphatic heterocycles. The summed E-state index contributed by atoms with van der Waals surface area (Å²) >= 11 is 5.61. The van der Waals surface area contributed by atoms with Gasteiger partial charge in [0.25, 0.3) is 0 Å². The van der Waals surface area contributed by atoms with Crippen molar-refractivity contribution < 1.29 is 14.0 Å². The Morgan fingerprint density at radius 1 is 1.29 bits per heavy atom. The van der Waals surface area contributed by atoms with E-state index < -0.39 is 0 Å². The number of alkyl halides is 1. The molecule has 0 amide bonds. The van der Waals surface area contributed by atoms with E-state index in [1.807, 2.05) is 0 Å². The number of halogens is 1. The highest BCUT2D eigenvalue weighted by atomic mass is 35.5. The van der Waals surface area contributed by atoms with E-state index in [4.69, 9.17) is 25.6 Å². The van der Waals surface area contributed by atoms with Gasteiger partial charge in [-0.1, -0.05) is 5.16 Å². The first kappa shape index (κ1) is 11.7. The van der Waals surface area contributed by atoms with Crippen LogP contribution in [0.15, 0.2) is 22.7 Å². The SMILES string of the molecule is COc1ccc(OC)c(-c2noc(CCl)n2)c1. The molecule has 2 aromatic rings. The first-order valence-electron chi connectivity index (χ1n) is 4.89. The lowest BCUT2D eigenvalue weighted by atomic mass is 10.2. The predicted octanol–water partition coefficient (Wildman–Crippen LogP) is 2.49. The molecule has 0 unspecified atom stereocenters. The maximum atomic E-state index is 5.61. The molecule has 0 N–H and O–H groups in total. The summed E-state index contributed by atoms with van der Waals surface area (Å²) in [4.78, 5) is 4.14. The van der Waals surface area contributed by atoms with Crippen LogP contribution < -0.4 is 9.47 Å². The molecule has 0 radical (unpaired) electrons. The van der Waals surface area contributed by atoms with E-state index in [9.17, 15) is 0 Å². The number of methoxy groups -OCH3 is 2. The minimum Gasteiger partial charge on any atom is -0.497 e. The fourth-order valence-corrected chi connectivity index (χ4v) is 1.52. The molecule has 1 heterocycles. The van der Waals surface area contributed by atoms with Gasteiger partial charge in [-0.05, 0) is 18.2 Å². The zero-order valence-electron chi connectivity index (χ0n) is 9.44. The quantitative estimate of drug-likeness (QED) is 0.785. The van der Waals surface area contributed by atoms with Crippen molar-refractivity contribution in [1.82, 2.24) is 10.1 Å². The van der Waals surface area contributed by atoms with Crippen LogP contribution in [0.5, 0.6) is 11.5 Å². The van der Waals surface area contributed by atoms with Gasteiger partial charge in [-0.2, -0.15) is 4.98 Å². The van der Waals surface area contributed by atoms with Gasteiger partial charge in [-0.15, -0.1) is 11.6 Å². The third-order valence-corrected chi connectivity index (χ3v) is 2.46. The zero-order chi connectivity index (χ0) is 12.3. The number of benzene rings is 1. The maximum absolute atomic E-state index is 5.61. The third kappa shape index (κ3) is 2.34. The molecule has 0 fully saturated rings. The van der Waals surface area contributed by atoms with Crippen molar-refractivity contribution in [1.29, 1.82) is 0 Å². The molecule has 0 bridgehead atoms. The van der Waals surface area contributed by atoms with Crippen molar-refractivity contribution in [2.24, 2.45) is 0 Å². The standard InChI is InChI=1S/C11H11ClN2O3/c1-15-7-3-4-9(16-2)8(5-7)11-13-10(6-12)17-14-11/h3-5H,6H2,1-2H3. The highest BCUT2D eigenvalue weighted by molar-refractivity contribution is 6.16. The molecule has 2 rings (SSSR count). The van der Waals surface area contributed by atoms with E-state index in [0.29, 0.717) is 28.8 Å². The lowest BCUT2D eigenvalue weighted by molar-refractivity contribution is 0.389. The smallest absolute Gasteiger partial charge is 0.241 e. The minimum atomic E-state index is 0.180. The molecule has 6 heteroatoms. The van der Waals surface area contributed by atoms with Gasteiger partial charge in [0.05, 0.1) is 19.8 Å². The Labute approximate surface area is 103 Å². The number of aromatic nitrogens is 2. The van der Waals surface area contributed by atoms with Crippen molar-refractivity contribution in [3.05, 3.63) is 24.1 Å². The van der Waals surface area contributed by atoms with E-state index in [1.165, 1.54) is 0 Å². The first-order chi connectivity index (χ1) is 8.28. The second-order valence-corrected chi connectivity index (χ2v) is 3.48. The van der Waals surface area contributed by atoms with Crippen LogP contribution in [0.2, 0.25) is 0 Å². The van der Waals surface area contributed by atoms with Gasteiger partial charge in [0, 0.05) is 0 Å². The Balaban J connectivity index is 2.47. The first-order valence-corrected chi connectivity index (χ1v) is 5.43. The van der Waals surface area contributed by atoms with E-state index in [0.717, 1.165) is 0 Å². The highest BCUT2D eigenvalue weighted by Crippen LogP contribution is 2.31. The number of nitrogens with zero attached hydrogens (tertiary/aromatic N) is 2. The van der Waals surface area contributed by atoms with Crippen molar-refractivity contribution in [3.63, 3.8) is 0 Å². The van der Waals surface area contributed by atoms with Crippen molar-refractivity contribution in [3.8, 4) is 22.9 Å². The van der Waals surface area contributed by atoms with Gasteiger partial charge in [0.15, 0.2) is 0 Å². The van der Waals surface area contributed by atoms with Crippen LogP contribution in [0.1, 0.15) is 5.89 Å². The second kappa shape index (κ2) is 5.05. The fourth-order valence-electron chi connectivity index (χ4n) is 1.41. The van der Waals surface area contributed by atoms with Crippen molar-refractivity contribution in [2.75, 3.05) is 14.2 Å².